The number of rotatable bonds is 9. The molecule has 0 fully saturated rings. The van der Waals surface area contributed by atoms with E-state index in [4.69, 9.17) is 4.74 Å². The van der Waals surface area contributed by atoms with Crippen molar-refractivity contribution in [2.24, 2.45) is 0 Å². The maximum atomic E-state index is 9.38. The van der Waals surface area contributed by atoms with E-state index < -0.39 is 0 Å². The van der Waals surface area contributed by atoms with Crippen molar-refractivity contribution in [1.29, 1.82) is 0 Å². The van der Waals surface area contributed by atoms with Gasteiger partial charge in [-0.15, -0.1) is 0 Å². The van der Waals surface area contributed by atoms with Gasteiger partial charge in [-0.05, 0) is 26.7 Å². The minimum Gasteiger partial charge on any atom is -0.394 e. The molecule has 2 atom stereocenters. The third-order valence-corrected chi connectivity index (χ3v) is 2.74. The van der Waals surface area contributed by atoms with E-state index in [0.717, 1.165) is 19.3 Å². The standard InChI is InChI=1S/C13H29NO2/c1-6-7-12(4)16-9-8-13(5,10-15)14-11(2)3/h11-12,14-15H,6-10H2,1-5H3. The number of hydrogen-bond acceptors (Lipinski definition) is 3. The molecule has 0 spiro atoms. The molecule has 0 aliphatic rings. The van der Waals surface area contributed by atoms with E-state index in [9.17, 15) is 5.11 Å². The first-order chi connectivity index (χ1) is 7.43. The highest BCUT2D eigenvalue weighted by atomic mass is 16.5. The average molecular weight is 231 g/mol. The number of ether oxygens (including phenoxy) is 1. The smallest absolute Gasteiger partial charge is 0.0611 e. The molecule has 0 saturated carbocycles. The molecule has 0 heterocycles. The molecule has 0 aliphatic heterocycles. The minimum absolute atomic E-state index is 0.150. The molecule has 0 bridgehead atoms. The van der Waals surface area contributed by atoms with Crippen LogP contribution >= 0.6 is 0 Å². The molecular formula is C13H29NO2. The molecule has 0 aromatic heterocycles. The molecule has 0 aliphatic carbocycles. The van der Waals surface area contributed by atoms with E-state index in [0.29, 0.717) is 18.8 Å². The number of aliphatic hydroxyl groups excluding tert-OH is 1. The van der Waals surface area contributed by atoms with Crippen molar-refractivity contribution in [2.75, 3.05) is 13.2 Å². The molecule has 3 nitrogen and oxygen atoms in total. The predicted octanol–water partition coefficient (Wildman–Crippen LogP) is 2.33. The normalized spacial score (nSPS) is 17.4. The number of hydrogen-bond donors (Lipinski definition) is 2. The Morgan fingerprint density at radius 2 is 1.94 bits per heavy atom. The topological polar surface area (TPSA) is 41.5 Å². The van der Waals surface area contributed by atoms with E-state index in [1.54, 1.807) is 0 Å². The lowest BCUT2D eigenvalue weighted by atomic mass is 9.98. The van der Waals surface area contributed by atoms with Gasteiger partial charge in [0.25, 0.3) is 0 Å². The summed E-state index contributed by atoms with van der Waals surface area (Å²) in [6, 6.07) is 0.380. The van der Waals surface area contributed by atoms with Crippen LogP contribution in [0.3, 0.4) is 0 Å². The molecule has 16 heavy (non-hydrogen) atoms. The molecule has 0 aromatic carbocycles. The van der Waals surface area contributed by atoms with Gasteiger partial charge < -0.3 is 15.2 Å². The largest absolute Gasteiger partial charge is 0.394 e. The molecule has 0 saturated heterocycles. The first-order valence-electron chi connectivity index (χ1n) is 6.43. The Hall–Kier alpha value is -0.120. The summed E-state index contributed by atoms with van der Waals surface area (Å²) < 4.78 is 5.71. The lowest BCUT2D eigenvalue weighted by molar-refractivity contribution is 0.0346. The number of aliphatic hydroxyl groups is 1. The fourth-order valence-corrected chi connectivity index (χ4v) is 1.87. The van der Waals surface area contributed by atoms with Gasteiger partial charge in [-0.25, -0.2) is 0 Å². The predicted molar refractivity (Wildman–Crippen MR) is 68.7 cm³/mol. The minimum atomic E-state index is -0.222. The summed E-state index contributed by atoms with van der Waals surface area (Å²) in [7, 11) is 0. The van der Waals surface area contributed by atoms with Gasteiger partial charge in [-0.1, -0.05) is 27.2 Å². The van der Waals surface area contributed by atoms with Crippen LogP contribution in [0.4, 0.5) is 0 Å². The first kappa shape index (κ1) is 15.9. The van der Waals surface area contributed by atoms with Gasteiger partial charge >= 0.3 is 0 Å². The lowest BCUT2D eigenvalue weighted by Gasteiger charge is -2.31. The van der Waals surface area contributed by atoms with Gasteiger partial charge in [0.15, 0.2) is 0 Å². The molecule has 0 aromatic rings. The Morgan fingerprint density at radius 1 is 1.31 bits per heavy atom. The van der Waals surface area contributed by atoms with Crippen LogP contribution in [0.2, 0.25) is 0 Å². The summed E-state index contributed by atoms with van der Waals surface area (Å²) >= 11 is 0. The lowest BCUT2D eigenvalue weighted by Crippen LogP contribution is -2.49. The Balaban J connectivity index is 3.85. The average Bonchev–Trinajstić information content (AvgIpc) is 2.17. The zero-order valence-electron chi connectivity index (χ0n) is 11.5. The van der Waals surface area contributed by atoms with Crippen LogP contribution < -0.4 is 5.32 Å². The van der Waals surface area contributed by atoms with Crippen LogP contribution in [0.5, 0.6) is 0 Å². The third-order valence-electron chi connectivity index (χ3n) is 2.74. The van der Waals surface area contributed by atoms with Gasteiger partial charge in [0.05, 0.1) is 12.7 Å². The highest BCUT2D eigenvalue weighted by Gasteiger charge is 2.23. The Labute approximate surface area is 101 Å². The fourth-order valence-electron chi connectivity index (χ4n) is 1.87. The van der Waals surface area contributed by atoms with E-state index in [1.807, 2.05) is 6.92 Å². The van der Waals surface area contributed by atoms with E-state index in [2.05, 4.69) is 33.0 Å². The Bertz CT molecular complexity index is 173. The zero-order chi connectivity index (χ0) is 12.6. The van der Waals surface area contributed by atoms with Crippen molar-refractivity contribution in [3.63, 3.8) is 0 Å². The van der Waals surface area contributed by atoms with Crippen LogP contribution in [-0.4, -0.2) is 36.0 Å². The molecule has 0 radical (unpaired) electrons. The monoisotopic (exact) mass is 231 g/mol. The number of nitrogens with one attached hydrogen (secondary N) is 1. The van der Waals surface area contributed by atoms with Crippen molar-refractivity contribution >= 4 is 0 Å². The van der Waals surface area contributed by atoms with Gasteiger partial charge in [-0.3, -0.25) is 0 Å². The molecule has 2 N–H and O–H groups in total. The third kappa shape index (κ3) is 7.20. The van der Waals surface area contributed by atoms with E-state index in [-0.39, 0.29) is 12.1 Å². The second-order valence-electron chi connectivity index (χ2n) is 5.24. The zero-order valence-corrected chi connectivity index (χ0v) is 11.5. The van der Waals surface area contributed by atoms with Crippen molar-refractivity contribution in [3.8, 4) is 0 Å². The highest BCUT2D eigenvalue weighted by Crippen LogP contribution is 2.11. The molecule has 0 amide bonds. The van der Waals surface area contributed by atoms with Crippen molar-refractivity contribution in [3.05, 3.63) is 0 Å². The van der Waals surface area contributed by atoms with Crippen molar-refractivity contribution in [1.82, 2.24) is 5.32 Å². The summed E-state index contributed by atoms with van der Waals surface area (Å²) in [4.78, 5) is 0. The summed E-state index contributed by atoms with van der Waals surface area (Å²) in [6.45, 7) is 11.4. The van der Waals surface area contributed by atoms with Gasteiger partial charge in [-0.2, -0.15) is 0 Å². The van der Waals surface area contributed by atoms with Crippen LogP contribution in [-0.2, 0) is 4.74 Å². The van der Waals surface area contributed by atoms with Crippen LogP contribution in [0.15, 0.2) is 0 Å². The van der Waals surface area contributed by atoms with Crippen LogP contribution in [0, 0.1) is 0 Å². The second kappa shape index (κ2) is 8.04. The first-order valence-corrected chi connectivity index (χ1v) is 6.43. The van der Waals surface area contributed by atoms with Crippen LogP contribution in [0.25, 0.3) is 0 Å². The van der Waals surface area contributed by atoms with Gasteiger partial charge in [0.2, 0.25) is 0 Å². The quantitative estimate of drug-likeness (QED) is 0.640. The van der Waals surface area contributed by atoms with Gasteiger partial charge in [0.1, 0.15) is 0 Å². The fraction of sp³-hybridized carbons (Fsp3) is 1.00. The van der Waals surface area contributed by atoms with Crippen molar-refractivity contribution < 1.29 is 9.84 Å². The molecule has 3 heteroatoms. The second-order valence-corrected chi connectivity index (χ2v) is 5.24. The molecule has 0 rings (SSSR count). The van der Waals surface area contributed by atoms with Gasteiger partial charge in [0, 0.05) is 18.2 Å². The SMILES string of the molecule is CCCC(C)OCCC(C)(CO)NC(C)C. The molecule has 98 valence electrons. The Kier molecular flexibility index (Phi) is 7.98. The van der Waals surface area contributed by atoms with E-state index in [1.165, 1.54) is 0 Å². The van der Waals surface area contributed by atoms with E-state index >= 15 is 0 Å². The maximum absolute atomic E-state index is 9.38. The van der Waals surface area contributed by atoms with Crippen LogP contribution in [0.1, 0.15) is 53.9 Å². The summed E-state index contributed by atoms with van der Waals surface area (Å²) in [5.41, 5.74) is -0.222. The highest BCUT2D eigenvalue weighted by molar-refractivity contribution is 4.83. The maximum Gasteiger partial charge on any atom is 0.0611 e. The molecular weight excluding hydrogens is 202 g/mol. The summed E-state index contributed by atoms with van der Waals surface area (Å²) in [5, 5.41) is 12.8. The summed E-state index contributed by atoms with van der Waals surface area (Å²) in [6.07, 6.45) is 3.43. The Morgan fingerprint density at radius 3 is 2.38 bits per heavy atom. The summed E-state index contributed by atoms with van der Waals surface area (Å²) in [5.74, 6) is 0. The van der Waals surface area contributed by atoms with Crippen molar-refractivity contribution in [2.45, 2.75) is 71.6 Å². The molecule has 2 unspecified atom stereocenters.